The van der Waals surface area contributed by atoms with Crippen LogP contribution in [0.2, 0.25) is 0 Å². The zero-order valence-electron chi connectivity index (χ0n) is 12.4. The van der Waals surface area contributed by atoms with Crippen molar-refractivity contribution in [1.82, 2.24) is 0 Å². The quantitative estimate of drug-likeness (QED) is 0.657. The Hall–Kier alpha value is -2.72. The first kappa shape index (κ1) is 15.2. The Labute approximate surface area is 139 Å². The SMILES string of the molecule is O=[S+]c1ccc(Oc2ccccc2)cc1CNc1ccccc1. The van der Waals surface area contributed by atoms with Crippen LogP contribution in [0, 0.1) is 0 Å². The second kappa shape index (κ2) is 7.51. The molecule has 4 heteroatoms. The minimum Gasteiger partial charge on any atom is -0.457 e. The van der Waals surface area contributed by atoms with E-state index in [9.17, 15) is 4.21 Å². The van der Waals surface area contributed by atoms with Crippen LogP contribution in [-0.2, 0) is 22.4 Å². The van der Waals surface area contributed by atoms with Gasteiger partial charge in [-0.3, -0.25) is 0 Å². The molecule has 3 nitrogen and oxygen atoms in total. The molecular weight excluding hydrogens is 306 g/mol. The number of hydrogen-bond donors (Lipinski definition) is 1. The summed E-state index contributed by atoms with van der Waals surface area (Å²) in [5.41, 5.74) is 1.94. The number of rotatable bonds is 6. The van der Waals surface area contributed by atoms with Crippen molar-refractivity contribution >= 4 is 17.4 Å². The fourth-order valence-corrected chi connectivity index (χ4v) is 2.58. The molecule has 3 rings (SSSR count). The second-order valence-electron chi connectivity index (χ2n) is 4.99. The molecule has 0 fully saturated rings. The van der Waals surface area contributed by atoms with E-state index >= 15 is 0 Å². The summed E-state index contributed by atoms with van der Waals surface area (Å²) in [6, 6.07) is 25.0. The zero-order chi connectivity index (χ0) is 15.9. The van der Waals surface area contributed by atoms with Gasteiger partial charge in [-0.1, -0.05) is 36.4 Å². The van der Waals surface area contributed by atoms with Gasteiger partial charge in [0, 0.05) is 28.1 Å². The van der Waals surface area contributed by atoms with Gasteiger partial charge in [-0.15, -0.1) is 0 Å². The van der Waals surface area contributed by atoms with E-state index in [1.54, 1.807) is 6.07 Å². The summed E-state index contributed by atoms with van der Waals surface area (Å²) >= 11 is 0.500. The lowest BCUT2D eigenvalue weighted by Crippen LogP contribution is -2.01. The normalized spacial score (nSPS) is 10.1. The molecule has 0 aliphatic carbocycles. The number of benzene rings is 3. The number of hydrogen-bond acceptors (Lipinski definition) is 3. The molecular formula is C19H16NO2S+. The third-order valence-electron chi connectivity index (χ3n) is 3.36. The Morgan fingerprint density at radius 2 is 1.52 bits per heavy atom. The van der Waals surface area contributed by atoms with Crippen molar-refractivity contribution in [2.45, 2.75) is 11.4 Å². The van der Waals surface area contributed by atoms with Crippen molar-refractivity contribution < 1.29 is 8.95 Å². The molecule has 0 unspecified atom stereocenters. The minimum absolute atomic E-state index is 0.500. The van der Waals surface area contributed by atoms with Gasteiger partial charge in [-0.25, -0.2) is 0 Å². The fourth-order valence-electron chi connectivity index (χ4n) is 2.22. The van der Waals surface area contributed by atoms with Crippen molar-refractivity contribution in [1.29, 1.82) is 0 Å². The molecule has 0 radical (unpaired) electrons. The lowest BCUT2D eigenvalue weighted by molar-refractivity contribution is 0.481. The second-order valence-corrected chi connectivity index (χ2v) is 5.59. The van der Waals surface area contributed by atoms with Gasteiger partial charge < -0.3 is 10.1 Å². The van der Waals surface area contributed by atoms with E-state index in [2.05, 4.69) is 5.32 Å². The van der Waals surface area contributed by atoms with E-state index in [4.69, 9.17) is 4.74 Å². The number of ether oxygens (including phenoxy) is 1. The predicted octanol–water partition coefficient (Wildman–Crippen LogP) is 4.88. The summed E-state index contributed by atoms with van der Waals surface area (Å²) in [4.78, 5) is 0.703. The van der Waals surface area contributed by atoms with E-state index < -0.39 is 0 Å². The van der Waals surface area contributed by atoms with Crippen LogP contribution >= 0.6 is 0 Å². The summed E-state index contributed by atoms with van der Waals surface area (Å²) in [6.07, 6.45) is 0. The molecule has 0 saturated carbocycles. The molecule has 1 N–H and O–H groups in total. The maximum absolute atomic E-state index is 11.3. The van der Waals surface area contributed by atoms with Crippen molar-refractivity contribution in [3.05, 3.63) is 84.4 Å². The smallest absolute Gasteiger partial charge is 0.457 e. The summed E-state index contributed by atoms with van der Waals surface area (Å²) in [7, 11) is 0. The molecule has 0 spiro atoms. The standard InChI is InChI=1S/C19H16NO2S/c21-23-19-12-11-18(22-17-9-5-2-6-10-17)13-15(19)14-20-16-7-3-1-4-8-16/h1-13,20H,14H2/q+1. The number of nitrogens with one attached hydrogen (secondary N) is 1. The topological polar surface area (TPSA) is 38.3 Å². The first-order chi connectivity index (χ1) is 11.3. The monoisotopic (exact) mass is 322 g/mol. The van der Waals surface area contributed by atoms with Crippen molar-refractivity contribution in [2.24, 2.45) is 0 Å². The van der Waals surface area contributed by atoms with Crippen LogP contribution in [0.5, 0.6) is 11.5 Å². The molecule has 0 saturated heterocycles. The van der Waals surface area contributed by atoms with Crippen molar-refractivity contribution in [3.8, 4) is 11.5 Å². The molecule has 0 aliphatic heterocycles. The predicted molar refractivity (Wildman–Crippen MR) is 93.0 cm³/mol. The first-order valence-electron chi connectivity index (χ1n) is 7.30. The highest BCUT2D eigenvalue weighted by molar-refractivity contribution is 7.65. The van der Waals surface area contributed by atoms with Gasteiger partial charge >= 0.3 is 11.7 Å². The van der Waals surface area contributed by atoms with Crippen LogP contribution < -0.4 is 10.1 Å². The molecule has 3 aromatic carbocycles. The Morgan fingerprint density at radius 1 is 0.826 bits per heavy atom. The summed E-state index contributed by atoms with van der Waals surface area (Å²) in [5.74, 6) is 1.50. The highest BCUT2D eigenvalue weighted by atomic mass is 32.1. The Kier molecular flexibility index (Phi) is 4.96. The van der Waals surface area contributed by atoms with E-state index in [1.165, 1.54) is 0 Å². The molecule has 3 aromatic rings. The van der Waals surface area contributed by atoms with Crippen LogP contribution in [0.25, 0.3) is 0 Å². The fraction of sp³-hybridized carbons (Fsp3) is 0.0526. The Balaban J connectivity index is 1.77. The summed E-state index contributed by atoms with van der Waals surface area (Å²) < 4.78 is 17.1. The van der Waals surface area contributed by atoms with E-state index in [0.29, 0.717) is 23.1 Å². The molecule has 0 amide bonds. The van der Waals surface area contributed by atoms with E-state index in [1.807, 2.05) is 72.8 Å². The van der Waals surface area contributed by atoms with Crippen LogP contribution in [-0.4, -0.2) is 0 Å². The molecule has 0 atom stereocenters. The van der Waals surface area contributed by atoms with E-state index in [-0.39, 0.29) is 0 Å². The van der Waals surface area contributed by atoms with Gasteiger partial charge in [-0.2, -0.15) is 0 Å². The lowest BCUT2D eigenvalue weighted by Gasteiger charge is -2.08. The zero-order valence-corrected chi connectivity index (χ0v) is 13.3. The van der Waals surface area contributed by atoms with Gasteiger partial charge in [0.15, 0.2) is 0 Å². The highest BCUT2D eigenvalue weighted by Crippen LogP contribution is 2.24. The highest BCUT2D eigenvalue weighted by Gasteiger charge is 2.15. The first-order valence-corrected chi connectivity index (χ1v) is 8.04. The molecule has 23 heavy (non-hydrogen) atoms. The van der Waals surface area contributed by atoms with Gasteiger partial charge in [0.25, 0.3) is 4.90 Å². The largest absolute Gasteiger partial charge is 0.505 e. The summed E-state index contributed by atoms with van der Waals surface area (Å²) in [6.45, 7) is 0.570. The molecule has 0 heterocycles. The maximum Gasteiger partial charge on any atom is 0.505 e. The third kappa shape index (κ3) is 4.14. The van der Waals surface area contributed by atoms with Crippen LogP contribution in [0.15, 0.2) is 83.8 Å². The Morgan fingerprint density at radius 3 is 2.22 bits per heavy atom. The average Bonchev–Trinajstić information content (AvgIpc) is 2.62. The van der Waals surface area contributed by atoms with E-state index in [0.717, 1.165) is 22.7 Å². The molecule has 0 aliphatic rings. The van der Waals surface area contributed by atoms with Crippen molar-refractivity contribution in [3.63, 3.8) is 0 Å². The van der Waals surface area contributed by atoms with Crippen molar-refractivity contribution in [2.75, 3.05) is 5.32 Å². The van der Waals surface area contributed by atoms with Crippen LogP contribution in [0.3, 0.4) is 0 Å². The Bertz CT molecular complexity index is 776. The number of anilines is 1. The van der Waals surface area contributed by atoms with Gasteiger partial charge in [-0.05, 0) is 36.4 Å². The lowest BCUT2D eigenvalue weighted by atomic mass is 10.2. The number of para-hydroxylation sites is 2. The third-order valence-corrected chi connectivity index (χ3v) is 3.94. The molecule has 0 aromatic heterocycles. The van der Waals surface area contributed by atoms with Crippen LogP contribution in [0.4, 0.5) is 5.69 Å². The minimum atomic E-state index is 0.500. The van der Waals surface area contributed by atoms with Gasteiger partial charge in [0.2, 0.25) is 0 Å². The maximum atomic E-state index is 11.3. The molecule has 114 valence electrons. The average molecular weight is 322 g/mol. The van der Waals surface area contributed by atoms with Gasteiger partial charge in [0.1, 0.15) is 11.5 Å². The van der Waals surface area contributed by atoms with Crippen LogP contribution in [0.1, 0.15) is 5.56 Å². The van der Waals surface area contributed by atoms with Gasteiger partial charge in [0.05, 0.1) is 0 Å². The summed E-state index contributed by atoms with van der Waals surface area (Å²) in [5, 5.41) is 3.32. The molecule has 0 bridgehead atoms.